The van der Waals surface area contributed by atoms with Crippen molar-refractivity contribution in [3.63, 3.8) is 0 Å². The molecular weight excluding hydrogens is 292 g/mol. The maximum atomic E-state index is 12.6. The summed E-state index contributed by atoms with van der Waals surface area (Å²) in [5.41, 5.74) is 0. The lowest BCUT2D eigenvalue weighted by Crippen LogP contribution is -2.43. The summed E-state index contributed by atoms with van der Waals surface area (Å²) in [6.07, 6.45) is 2.38. The highest BCUT2D eigenvalue weighted by Crippen LogP contribution is 2.26. The van der Waals surface area contributed by atoms with Crippen molar-refractivity contribution in [2.45, 2.75) is 52.2 Å². The van der Waals surface area contributed by atoms with Crippen LogP contribution in [0, 0.1) is 5.92 Å². The van der Waals surface area contributed by atoms with Gasteiger partial charge < -0.3 is 10.1 Å². The number of nitrogens with zero attached hydrogens (tertiary/aromatic N) is 1. The number of hydrogen-bond donors (Lipinski definition) is 1. The summed E-state index contributed by atoms with van der Waals surface area (Å²) in [5, 5.41) is 2.48. The van der Waals surface area contributed by atoms with Crippen LogP contribution in [0.2, 0.25) is 0 Å². The van der Waals surface area contributed by atoms with E-state index in [4.69, 9.17) is 4.74 Å². The molecule has 1 N–H and O–H groups in total. The predicted octanol–water partition coefficient (Wildman–Crippen LogP) is 0.978. The highest BCUT2D eigenvalue weighted by Gasteiger charge is 2.31. The highest BCUT2D eigenvalue weighted by atomic mass is 32.2. The molecule has 1 saturated heterocycles. The van der Waals surface area contributed by atoms with E-state index < -0.39 is 10.0 Å². The van der Waals surface area contributed by atoms with Gasteiger partial charge in [-0.05, 0) is 39.0 Å². The van der Waals surface area contributed by atoms with Crippen molar-refractivity contribution < 1.29 is 17.9 Å². The summed E-state index contributed by atoms with van der Waals surface area (Å²) in [5.74, 6) is -0.0827. The molecule has 0 aliphatic carbocycles. The van der Waals surface area contributed by atoms with Gasteiger partial charge in [-0.2, -0.15) is 4.31 Å². The van der Waals surface area contributed by atoms with E-state index in [2.05, 4.69) is 5.32 Å². The number of rotatable bonds is 7. The molecule has 1 rings (SSSR count). The second-order valence-electron chi connectivity index (χ2n) is 5.88. The van der Waals surface area contributed by atoms with Crippen LogP contribution >= 0.6 is 0 Å². The second kappa shape index (κ2) is 8.10. The maximum Gasteiger partial charge on any atom is 0.235 e. The fraction of sp³-hybridized carbons (Fsp3) is 0.929. The first-order valence-corrected chi connectivity index (χ1v) is 9.23. The molecular formula is C14H28N2O4S. The number of carbonyl (C=O) groups is 1. The first-order chi connectivity index (χ1) is 9.78. The van der Waals surface area contributed by atoms with Gasteiger partial charge in [-0.3, -0.25) is 4.79 Å². The molecule has 0 spiro atoms. The number of sulfonamides is 1. The molecule has 1 unspecified atom stereocenters. The van der Waals surface area contributed by atoms with E-state index in [1.54, 1.807) is 0 Å². The Labute approximate surface area is 128 Å². The summed E-state index contributed by atoms with van der Waals surface area (Å²) in [4.78, 5) is 11.5. The summed E-state index contributed by atoms with van der Waals surface area (Å²) in [6, 6.07) is 0. The molecule has 0 bridgehead atoms. The third kappa shape index (κ3) is 5.92. The normalized spacial score (nSPS) is 26.8. The van der Waals surface area contributed by atoms with Crippen LogP contribution in [-0.2, 0) is 19.6 Å². The van der Waals surface area contributed by atoms with Crippen LogP contribution in [-0.4, -0.2) is 56.7 Å². The molecule has 21 heavy (non-hydrogen) atoms. The number of likely N-dealkylation sites (N-methyl/N-ethyl adjacent to an activating group) is 1. The Balaban J connectivity index is 2.73. The maximum absolute atomic E-state index is 12.6. The van der Waals surface area contributed by atoms with E-state index in [1.807, 2.05) is 20.8 Å². The Hall–Kier alpha value is -0.660. The summed E-state index contributed by atoms with van der Waals surface area (Å²) >= 11 is 0. The van der Waals surface area contributed by atoms with Crippen molar-refractivity contribution in [2.75, 3.05) is 25.9 Å². The van der Waals surface area contributed by atoms with E-state index in [0.29, 0.717) is 13.0 Å². The van der Waals surface area contributed by atoms with Gasteiger partial charge in [-0.15, -0.1) is 0 Å². The minimum absolute atomic E-state index is 0.0903. The molecule has 3 atom stereocenters. The Morgan fingerprint density at radius 2 is 1.86 bits per heavy atom. The van der Waals surface area contributed by atoms with Gasteiger partial charge in [0.15, 0.2) is 0 Å². The number of hydrogen-bond acceptors (Lipinski definition) is 4. The zero-order valence-electron chi connectivity index (χ0n) is 13.5. The zero-order valence-corrected chi connectivity index (χ0v) is 14.3. The molecule has 0 radical (unpaired) electrons. The molecule has 1 heterocycles. The van der Waals surface area contributed by atoms with Crippen molar-refractivity contribution in [3.05, 3.63) is 0 Å². The van der Waals surface area contributed by atoms with Gasteiger partial charge in [-0.25, -0.2) is 8.42 Å². The monoisotopic (exact) mass is 320 g/mol. The zero-order chi connectivity index (χ0) is 16.0. The van der Waals surface area contributed by atoms with E-state index in [0.717, 1.165) is 12.8 Å². The first kappa shape index (κ1) is 18.4. The lowest BCUT2D eigenvalue weighted by atomic mass is 9.94. The number of carbonyl (C=O) groups excluding carboxylic acids is 1. The lowest BCUT2D eigenvalue weighted by molar-refractivity contribution is -0.120. The number of nitrogens with one attached hydrogen (secondary N) is 1. The van der Waals surface area contributed by atoms with Gasteiger partial charge in [0, 0.05) is 13.6 Å². The topological polar surface area (TPSA) is 75.7 Å². The third-order valence-electron chi connectivity index (χ3n) is 3.71. The largest absolute Gasteiger partial charge is 0.376 e. The molecule has 0 aromatic rings. The molecule has 0 saturated carbocycles. The lowest BCUT2D eigenvalue weighted by Gasteiger charge is -2.33. The van der Waals surface area contributed by atoms with Gasteiger partial charge in [0.1, 0.15) is 0 Å². The average Bonchev–Trinajstić information content (AvgIpc) is 2.36. The standard InChI is InChI=1S/C14H28N2O4S/c1-5-6-16(9-14(17)15-4)21(18,19)10-13-7-11(2)20-12(3)8-13/h11-13H,5-10H2,1-4H3,(H,15,17)/t11-,12+,13?. The molecule has 1 aliphatic heterocycles. The van der Waals surface area contributed by atoms with Gasteiger partial charge >= 0.3 is 0 Å². The van der Waals surface area contributed by atoms with E-state index in [-0.39, 0.29) is 36.3 Å². The Bertz CT molecular complexity index is 428. The average molecular weight is 320 g/mol. The molecule has 1 aliphatic rings. The number of ether oxygens (including phenoxy) is 1. The SMILES string of the molecule is CCCN(CC(=O)NC)S(=O)(=O)CC1C[C@@H](C)O[C@@H](C)C1. The second-order valence-corrected chi connectivity index (χ2v) is 7.89. The highest BCUT2D eigenvalue weighted by molar-refractivity contribution is 7.89. The Morgan fingerprint density at radius 3 is 2.33 bits per heavy atom. The molecule has 124 valence electrons. The molecule has 0 aromatic heterocycles. The Kier molecular flexibility index (Phi) is 7.09. The molecule has 7 heteroatoms. The van der Waals surface area contributed by atoms with Crippen LogP contribution in [0.5, 0.6) is 0 Å². The molecule has 0 aromatic carbocycles. The van der Waals surface area contributed by atoms with Gasteiger partial charge in [0.25, 0.3) is 0 Å². The third-order valence-corrected chi connectivity index (χ3v) is 5.70. The Morgan fingerprint density at radius 1 is 1.29 bits per heavy atom. The quantitative estimate of drug-likeness (QED) is 0.758. The fourth-order valence-corrected chi connectivity index (χ4v) is 4.74. The van der Waals surface area contributed by atoms with E-state index >= 15 is 0 Å². The van der Waals surface area contributed by atoms with Gasteiger partial charge in [-0.1, -0.05) is 6.92 Å². The van der Waals surface area contributed by atoms with E-state index in [9.17, 15) is 13.2 Å². The van der Waals surface area contributed by atoms with Crippen LogP contribution in [0.4, 0.5) is 0 Å². The first-order valence-electron chi connectivity index (χ1n) is 7.62. The fourth-order valence-electron chi connectivity index (χ4n) is 2.89. The van der Waals surface area contributed by atoms with Crippen molar-refractivity contribution in [3.8, 4) is 0 Å². The number of amides is 1. The van der Waals surface area contributed by atoms with Crippen LogP contribution in [0.25, 0.3) is 0 Å². The minimum atomic E-state index is -3.42. The molecule has 1 fully saturated rings. The van der Waals surface area contributed by atoms with Crippen molar-refractivity contribution in [2.24, 2.45) is 5.92 Å². The van der Waals surface area contributed by atoms with Gasteiger partial charge in [0.2, 0.25) is 15.9 Å². The van der Waals surface area contributed by atoms with Crippen molar-refractivity contribution >= 4 is 15.9 Å². The predicted molar refractivity (Wildman–Crippen MR) is 82.5 cm³/mol. The molecule has 1 amide bonds. The molecule has 6 nitrogen and oxygen atoms in total. The van der Waals surface area contributed by atoms with Crippen LogP contribution in [0.3, 0.4) is 0 Å². The summed E-state index contributed by atoms with van der Waals surface area (Å²) in [6.45, 7) is 6.14. The van der Waals surface area contributed by atoms with Crippen molar-refractivity contribution in [1.29, 1.82) is 0 Å². The summed E-state index contributed by atoms with van der Waals surface area (Å²) < 4.78 is 32.1. The van der Waals surface area contributed by atoms with Crippen molar-refractivity contribution in [1.82, 2.24) is 9.62 Å². The summed E-state index contributed by atoms with van der Waals surface area (Å²) in [7, 11) is -1.90. The minimum Gasteiger partial charge on any atom is -0.376 e. The smallest absolute Gasteiger partial charge is 0.235 e. The van der Waals surface area contributed by atoms with Crippen LogP contribution in [0.1, 0.15) is 40.0 Å². The van der Waals surface area contributed by atoms with Crippen LogP contribution < -0.4 is 5.32 Å². The van der Waals surface area contributed by atoms with Gasteiger partial charge in [0.05, 0.1) is 24.5 Å². The van der Waals surface area contributed by atoms with E-state index in [1.165, 1.54) is 11.4 Å². The van der Waals surface area contributed by atoms with Crippen LogP contribution in [0.15, 0.2) is 0 Å².